The van der Waals surface area contributed by atoms with E-state index in [9.17, 15) is 18.0 Å². The standard InChI is InChI=1S/C16H12Cl2F3NO2/c1-2-9-7-14(24-11-5-3-10(17)4-6-11)12(18)8-13(9)22-15(23)16(19,20)21/h3-8H,2H2,1H3,(H,22,23). The highest BCUT2D eigenvalue weighted by molar-refractivity contribution is 6.32. The average Bonchev–Trinajstić information content (AvgIpc) is 2.51. The Bertz CT molecular complexity index is 746. The molecule has 0 unspecified atom stereocenters. The van der Waals surface area contributed by atoms with Gasteiger partial charge in [-0.2, -0.15) is 13.2 Å². The third-order valence-electron chi connectivity index (χ3n) is 3.09. The number of hydrogen-bond acceptors (Lipinski definition) is 2. The lowest BCUT2D eigenvalue weighted by atomic mass is 10.1. The number of alkyl halides is 3. The molecule has 0 aliphatic carbocycles. The Balaban J connectivity index is 2.29. The smallest absolute Gasteiger partial charge is 0.456 e. The topological polar surface area (TPSA) is 38.3 Å². The molecule has 3 nitrogen and oxygen atoms in total. The van der Waals surface area contributed by atoms with E-state index < -0.39 is 12.1 Å². The largest absolute Gasteiger partial charge is 0.471 e. The van der Waals surface area contributed by atoms with Crippen LogP contribution in [0.4, 0.5) is 18.9 Å². The van der Waals surface area contributed by atoms with Crippen LogP contribution in [0.25, 0.3) is 0 Å². The first-order valence-electron chi connectivity index (χ1n) is 6.84. The summed E-state index contributed by atoms with van der Waals surface area (Å²) in [6, 6.07) is 9.23. The molecule has 0 fully saturated rings. The Morgan fingerprint density at radius 2 is 1.79 bits per heavy atom. The van der Waals surface area contributed by atoms with Crippen LogP contribution >= 0.6 is 23.2 Å². The Hall–Kier alpha value is -1.92. The van der Waals surface area contributed by atoms with Crippen LogP contribution in [0.1, 0.15) is 12.5 Å². The van der Waals surface area contributed by atoms with Crippen molar-refractivity contribution in [3.63, 3.8) is 0 Å². The molecule has 24 heavy (non-hydrogen) atoms. The molecule has 0 bridgehead atoms. The van der Waals surface area contributed by atoms with Gasteiger partial charge in [0.05, 0.1) is 5.02 Å². The van der Waals surface area contributed by atoms with Gasteiger partial charge in [-0.1, -0.05) is 30.1 Å². The molecular formula is C16H12Cl2F3NO2. The number of ether oxygens (including phenoxy) is 1. The van der Waals surface area contributed by atoms with Gasteiger partial charge in [-0.25, -0.2) is 0 Å². The van der Waals surface area contributed by atoms with Crippen molar-refractivity contribution in [2.24, 2.45) is 0 Å². The van der Waals surface area contributed by atoms with Crippen LogP contribution in [0, 0.1) is 0 Å². The number of benzene rings is 2. The van der Waals surface area contributed by atoms with E-state index in [0.717, 1.165) is 0 Å². The molecule has 1 N–H and O–H groups in total. The lowest BCUT2D eigenvalue weighted by Crippen LogP contribution is -2.30. The molecule has 1 amide bonds. The highest BCUT2D eigenvalue weighted by Gasteiger charge is 2.39. The fourth-order valence-electron chi connectivity index (χ4n) is 1.91. The Kier molecular flexibility index (Phi) is 5.62. The van der Waals surface area contributed by atoms with Gasteiger partial charge >= 0.3 is 12.1 Å². The van der Waals surface area contributed by atoms with Gasteiger partial charge in [0.2, 0.25) is 0 Å². The predicted octanol–water partition coefficient (Wildman–Crippen LogP) is 5.85. The number of hydrogen-bond donors (Lipinski definition) is 1. The van der Waals surface area contributed by atoms with Crippen molar-refractivity contribution in [1.29, 1.82) is 0 Å². The maximum absolute atomic E-state index is 12.4. The normalized spacial score (nSPS) is 11.2. The zero-order valence-electron chi connectivity index (χ0n) is 12.4. The van der Waals surface area contributed by atoms with E-state index in [1.165, 1.54) is 12.1 Å². The first-order chi connectivity index (χ1) is 11.2. The van der Waals surface area contributed by atoms with E-state index in [-0.39, 0.29) is 16.5 Å². The number of rotatable bonds is 4. The van der Waals surface area contributed by atoms with Gasteiger partial charge in [-0.3, -0.25) is 4.79 Å². The van der Waals surface area contributed by atoms with Gasteiger partial charge < -0.3 is 10.1 Å². The van der Waals surface area contributed by atoms with Crippen molar-refractivity contribution in [2.75, 3.05) is 5.32 Å². The van der Waals surface area contributed by atoms with Gasteiger partial charge in [-0.15, -0.1) is 0 Å². The van der Waals surface area contributed by atoms with Crippen LogP contribution in [0.3, 0.4) is 0 Å². The Morgan fingerprint density at radius 1 is 1.17 bits per heavy atom. The molecular weight excluding hydrogens is 366 g/mol. The summed E-state index contributed by atoms with van der Waals surface area (Å²) in [4.78, 5) is 11.1. The summed E-state index contributed by atoms with van der Waals surface area (Å²) in [5.74, 6) is -1.32. The molecule has 2 aromatic rings. The zero-order valence-corrected chi connectivity index (χ0v) is 13.9. The average molecular weight is 378 g/mol. The first-order valence-corrected chi connectivity index (χ1v) is 7.60. The van der Waals surface area contributed by atoms with Crippen LogP contribution in [-0.4, -0.2) is 12.1 Å². The Labute approximate surface area is 146 Å². The molecule has 0 heterocycles. The van der Waals surface area contributed by atoms with Gasteiger partial charge in [-0.05, 0) is 48.4 Å². The summed E-state index contributed by atoms with van der Waals surface area (Å²) in [5.41, 5.74) is 0.453. The third kappa shape index (κ3) is 4.55. The quantitative estimate of drug-likeness (QED) is 0.725. The van der Waals surface area contributed by atoms with E-state index in [4.69, 9.17) is 27.9 Å². The third-order valence-corrected chi connectivity index (χ3v) is 3.63. The van der Waals surface area contributed by atoms with E-state index in [1.807, 2.05) is 5.32 Å². The SMILES string of the molecule is CCc1cc(Oc2ccc(Cl)cc2)c(Cl)cc1NC(=O)C(F)(F)F. The predicted molar refractivity (Wildman–Crippen MR) is 87.0 cm³/mol. The molecule has 2 aromatic carbocycles. The van der Waals surface area contributed by atoms with Crippen molar-refractivity contribution in [3.05, 3.63) is 52.0 Å². The van der Waals surface area contributed by atoms with Crippen molar-refractivity contribution in [1.82, 2.24) is 0 Å². The molecule has 0 aliphatic rings. The van der Waals surface area contributed by atoms with Crippen LogP contribution in [0.15, 0.2) is 36.4 Å². The minimum atomic E-state index is -4.98. The molecule has 0 aliphatic heterocycles. The summed E-state index contributed by atoms with van der Waals surface area (Å²) in [6.07, 6.45) is -4.60. The maximum atomic E-state index is 12.4. The highest BCUT2D eigenvalue weighted by Crippen LogP contribution is 2.35. The fraction of sp³-hybridized carbons (Fsp3) is 0.188. The van der Waals surface area contributed by atoms with Crippen LogP contribution in [-0.2, 0) is 11.2 Å². The van der Waals surface area contributed by atoms with Gasteiger partial charge in [0.25, 0.3) is 0 Å². The number of aryl methyl sites for hydroxylation is 1. The number of nitrogens with one attached hydrogen (secondary N) is 1. The summed E-state index contributed by atoms with van der Waals surface area (Å²) >= 11 is 11.8. The van der Waals surface area contributed by atoms with E-state index in [0.29, 0.717) is 22.8 Å². The second kappa shape index (κ2) is 7.32. The molecule has 0 radical (unpaired) electrons. The number of halogens is 5. The van der Waals surface area contributed by atoms with Crippen LogP contribution < -0.4 is 10.1 Å². The highest BCUT2D eigenvalue weighted by atomic mass is 35.5. The van der Waals surface area contributed by atoms with Crippen LogP contribution in [0.2, 0.25) is 10.0 Å². The van der Waals surface area contributed by atoms with Crippen molar-refractivity contribution < 1.29 is 22.7 Å². The molecule has 8 heteroatoms. The molecule has 2 rings (SSSR count). The summed E-state index contributed by atoms with van der Waals surface area (Å²) < 4.78 is 42.8. The van der Waals surface area contributed by atoms with Crippen LogP contribution in [0.5, 0.6) is 11.5 Å². The second-order valence-corrected chi connectivity index (χ2v) is 5.64. The van der Waals surface area contributed by atoms with Gasteiger partial charge in [0.1, 0.15) is 11.5 Å². The zero-order chi connectivity index (χ0) is 17.9. The lowest BCUT2D eigenvalue weighted by molar-refractivity contribution is -0.167. The van der Waals surface area contributed by atoms with Gasteiger partial charge in [0, 0.05) is 10.7 Å². The van der Waals surface area contributed by atoms with E-state index in [2.05, 4.69) is 0 Å². The molecule has 0 spiro atoms. The summed E-state index contributed by atoms with van der Waals surface area (Å²) in [5, 5.41) is 2.42. The molecule has 0 atom stereocenters. The molecule has 0 saturated heterocycles. The number of carbonyl (C=O) groups excluding carboxylic acids is 1. The summed E-state index contributed by atoms with van der Waals surface area (Å²) in [6.45, 7) is 1.73. The van der Waals surface area contributed by atoms with Crippen molar-refractivity contribution in [2.45, 2.75) is 19.5 Å². The number of anilines is 1. The van der Waals surface area contributed by atoms with E-state index in [1.54, 1.807) is 31.2 Å². The molecule has 0 aromatic heterocycles. The molecule has 128 valence electrons. The minimum absolute atomic E-state index is 0.00622. The Morgan fingerprint density at radius 3 is 2.33 bits per heavy atom. The van der Waals surface area contributed by atoms with Crippen molar-refractivity contribution >= 4 is 34.8 Å². The monoisotopic (exact) mass is 377 g/mol. The second-order valence-electron chi connectivity index (χ2n) is 4.80. The molecule has 0 saturated carbocycles. The number of amides is 1. The maximum Gasteiger partial charge on any atom is 0.471 e. The minimum Gasteiger partial charge on any atom is -0.456 e. The fourth-order valence-corrected chi connectivity index (χ4v) is 2.23. The van der Waals surface area contributed by atoms with Crippen molar-refractivity contribution in [3.8, 4) is 11.5 Å². The first kappa shape index (κ1) is 18.4. The van der Waals surface area contributed by atoms with Gasteiger partial charge in [0.15, 0.2) is 0 Å². The summed E-state index contributed by atoms with van der Waals surface area (Å²) in [7, 11) is 0. The van der Waals surface area contributed by atoms with E-state index >= 15 is 0 Å². The lowest BCUT2D eigenvalue weighted by Gasteiger charge is -2.15. The number of carbonyl (C=O) groups is 1.